The Kier molecular flexibility index (Phi) is 3.23. The van der Waals surface area contributed by atoms with Crippen LogP contribution < -0.4 is 4.90 Å². The molecule has 0 radical (unpaired) electrons. The van der Waals surface area contributed by atoms with E-state index in [1.54, 1.807) is 20.9 Å². The van der Waals surface area contributed by atoms with Crippen molar-refractivity contribution >= 4 is 28.2 Å². The summed E-state index contributed by atoms with van der Waals surface area (Å²) >= 11 is 0. The number of fused-ring (bicyclic) bond motifs is 2. The number of likely N-dealkylation sites (N-methyl/N-ethyl adjacent to an activating group) is 1. The van der Waals surface area contributed by atoms with Crippen LogP contribution in [-0.2, 0) is 10.4 Å². The largest absolute Gasteiger partial charge is 0.372 e. The van der Waals surface area contributed by atoms with Crippen LogP contribution in [0, 0.1) is 24.0 Å². The Hall–Kier alpha value is -3.19. The molecule has 0 bridgehead atoms. The number of amides is 1. The third-order valence-electron chi connectivity index (χ3n) is 5.09. The number of aromatic amines is 1. The molecule has 26 heavy (non-hydrogen) atoms. The quantitative estimate of drug-likeness (QED) is 0.548. The predicted octanol–water partition coefficient (Wildman–Crippen LogP) is 2.91. The first-order chi connectivity index (χ1) is 12.3. The number of carbonyl (C=O) groups is 1. The first kappa shape index (κ1) is 16.3. The lowest BCUT2D eigenvalue weighted by atomic mass is 9.85. The summed E-state index contributed by atoms with van der Waals surface area (Å²) in [6, 6.07) is 10.1. The molecule has 7 heteroatoms. The van der Waals surface area contributed by atoms with Crippen LogP contribution in [0.15, 0.2) is 36.4 Å². The van der Waals surface area contributed by atoms with Gasteiger partial charge in [-0.3, -0.25) is 14.9 Å². The van der Waals surface area contributed by atoms with Gasteiger partial charge in [-0.25, -0.2) is 0 Å². The summed E-state index contributed by atoms with van der Waals surface area (Å²) < 4.78 is 0. The molecule has 1 unspecified atom stereocenters. The molecule has 4 rings (SSSR count). The smallest absolute Gasteiger partial charge is 0.270 e. The summed E-state index contributed by atoms with van der Waals surface area (Å²) in [6.07, 6.45) is 0. The van der Waals surface area contributed by atoms with Gasteiger partial charge in [0.15, 0.2) is 5.60 Å². The van der Waals surface area contributed by atoms with Crippen LogP contribution in [0.2, 0.25) is 0 Å². The van der Waals surface area contributed by atoms with E-state index in [4.69, 9.17) is 0 Å². The number of aliphatic hydroxyl groups is 1. The molecule has 132 valence electrons. The number of anilines is 1. The lowest BCUT2D eigenvalue weighted by Gasteiger charge is -2.22. The van der Waals surface area contributed by atoms with Gasteiger partial charge in [0.1, 0.15) is 0 Å². The van der Waals surface area contributed by atoms with E-state index >= 15 is 0 Å². The number of hydrogen-bond acceptors (Lipinski definition) is 4. The van der Waals surface area contributed by atoms with Crippen LogP contribution in [0.25, 0.3) is 10.9 Å². The number of non-ortho nitro benzene ring substituents is 1. The van der Waals surface area contributed by atoms with Crippen LogP contribution in [0.1, 0.15) is 22.4 Å². The number of aromatic nitrogens is 1. The molecule has 0 saturated carbocycles. The topological polar surface area (TPSA) is 99.5 Å². The summed E-state index contributed by atoms with van der Waals surface area (Å²) in [6.45, 7) is 3.48. The summed E-state index contributed by atoms with van der Waals surface area (Å²) in [7, 11) is 1.57. The molecule has 1 aliphatic rings. The number of nitrogens with zero attached hydrogens (tertiary/aromatic N) is 2. The zero-order valence-corrected chi connectivity index (χ0v) is 14.5. The summed E-state index contributed by atoms with van der Waals surface area (Å²) in [4.78, 5) is 28.5. The Morgan fingerprint density at radius 2 is 1.92 bits per heavy atom. The highest BCUT2D eigenvalue weighted by molar-refractivity contribution is 6.12. The maximum Gasteiger partial charge on any atom is 0.270 e. The Morgan fingerprint density at radius 1 is 1.23 bits per heavy atom. The number of benzene rings is 2. The zero-order valence-electron chi connectivity index (χ0n) is 14.5. The zero-order chi connectivity index (χ0) is 18.8. The van der Waals surface area contributed by atoms with Crippen LogP contribution in [-0.4, -0.2) is 28.0 Å². The van der Waals surface area contributed by atoms with E-state index in [1.807, 2.05) is 24.3 Å². The molecule has 7 nitrogen and oxygen atoms in total. The van der Waals surface area contributed by atoms with Gasteiger partial charge in [0.05, 0.1) is 10.6 Å². The molecule has 0 spiro atoms. The third kappa shape index (κ3) is 1.89. The maximum absolute atomic E-state index is 13.1. The average molecular weight is 351 g/mol. The average Bonchev–Trinajstić information content (AvgIpc) is 3.03. The number of aryl methyl sites for hydroxylation is 2. The molecule has 1 aliphatic heterocycles. The molecule has 2 heterocycles. The van der Waals surface area contributed by atoms with Crippen molar-refractivity contribution in [1.29, 1.82) is 0 Å². The second kappa shape index (κ2) is 5.15. The minimum absolute atomic E-state index is 0.153. The van der Waals surface area contributed by atoms with Crippen LogP contribution in [0.3, 0.4) is 0 Å². The molecular weight excluding hydrogens is 334 g/mol. The minimum atomic E-state index is -1.98. The number of nitrogens with one attached hydrogen (secondary N) is 1. The van der Waals surface area contributed by atoms with Crippen molar-refractivity contribution in [1.82, 2.24) is 4.98 Å². The van der Waals surface area contributed by atoms with Crippen molar-refractivity contribution in [3.63, 3.8) is 0 Å². The number of nitro benzene ring substituents is 1. The van der Waals surface area contributed by atoms with Crippen molar-refractivity contribution < 1.29 is 14.8 Å². The molecule has 0 aliphatic carbocycles. The van der Waals surface area contributed by atoms with Gasteiger partial charge in [-0.15, -0.1) is 0 Å². The molecule has 1 amide bonds. The molecule has 3 aromatic rings. The van der Waals surface area contributed by atoms with E-state index in [1.165, 1.54) is 17.0 Å². The molecule has 0 saturated heterocycles. The van der Waals surface area contributed by atoms with Gasteiger partial charge in [-0.2, -0.15) is 0 Å². The van der Waals surface area contributed by atoms with Gasteiger partial charge >= 0.3 is 0 Å². The number of H-pyrrole nitrogens is 1. The van der Waals surface area contributed by atoms with Crippen molar-refractivity contribution in [3.05, 3.63) is 68.9 Å². The number of para-hydroxylation sites is 1. The molecule has 2 N–H and O–H groups in total. The van der Waals surface area contributed by atoms with Crippen LogP contribution in [0.5, 0.6) is 0 Å². The highest BCUT2D eigenvalue weighted by Crippen LogP contribution is 2.49. The fourth-order valence-electron chi connectivity index (χ4n) is 4.03. The second-order valence-corrected chi connectivity index (χ2v) is 6.66. The minimum Gasteiger partial charge on any atom is -0.372 e. The summed E-state index contributed by atoms with van der Waals surface area (Å²) in [5.74, 6) is -0.524. The van der Waals surface area contributed by atoms with Crippen LogP contribution in [0.4, 0.5) is 11.4 Å². The highest BCUT2D eigenvalue weighted by Gasteiger charge is 2.53. The SMILES string of the molecule is Cc1cc([N+](=O)[O-])cc2c1N(C)C(=O)C2(O)c1c(C)[nH]c2ccccc12. The van der Waals surface area contributed by atoms with Gasteiger partial charge in [0, 0.05) is 46.9 Å². The van der Waals surface area contributed by atoms with Gasteiger partial charge in [0.25, 0.3) is 11.6 Å². The van der Waals surface area contributed by atoms with E-state index in [0.717, 1.165) is 5.52 Å². The van der Waals surface area contributed by atoms with E-state index in [-0.39, 0.29) is 11.3 Å². The number of hydrogen-bond donors (Lipinski definition) is 2. The first-order valence-electron chi connectivity index (χ1n) is 8.14. The Bertz CT molecular complexity index is 1100. The third-order valence-corrected chi connectivity index (χ3v) is 5.09. The molecule has 0 fully saturated rings. The van der Waals surface area contributed by atoms with Crippen molar-refractivity contribution in [2.24, 2.45) is 0 Å². The van der Waals surface area contributed by atoms with E-state index < -0.39 is 16.4 Å². The fourth-order valence-corrected chi connectivity index (χ4v) is 4.03. The Balaban J connectivity index is 2.11. The lowest BCUT2D eigenvalue weighted by Crippen LogP contribution is -2.39. The number of rotatable bonds is 2. The van der Waals surface area contributed by atoms with Gasteiger partial charge in [0.2, 0.25) is 0 Å². The van der Waals surface area contributed by atoms with Crippen molar-refractivity contribution in [3.8, 4) is 0 Å². The predicted molar refractivity (Wildman–Crippen MR) is 97.3 cm³/mol. The van der Waals surface area contributed by atoms with Crippen molar-refractivity contribution in [2.75, 3.05) is 11.9 Å². The number of nitro groups is 1. The maximum atomic E-state index is 13.1. The molecule has 1 atom stereocenters. The summed E-state index contributed by atoms with van der Waals surface area (Å²) in [5.41, 5.74) is 1.05. The highest BCUT2D eigenvalue weighted by atomic mass is 16.6. The fraction of sp³-hybridized carbons (Fsp3) is 0.211. The normalized spacial score (nSPS) is 19.2. The lowest BCUT2D eigenvalue weighted by molar-refractivity contribution is -0.385. The summed E-state index contributed by atoms with van der Waals surface area (Å²) in [5, 5.41) is 23.6. The molecular formula is C19H17N3O4. The molecule has 2 aromatic carbocycles. The van der Waals surface area contributed by atoms with E-state index in [2.05, 4.69) is 4.98 Å². The van der Waals surface area contributed by atoms with Crippen LogP contribution >= 0.6 is 0 Å². The van der Waals surface area contributed by atoms with Gasteiger partial charge < -0.3 is 15.0 Å². The second-order valence-electron chi connectivity index (χ2n) is 6.66. The van der Waals surface area contributed by atoms with Gasteiger partial charge in [-0.05, 0) is 25.5 Å². The first-order valence-corrected chi connectivity index (χ1v) is 8.14. The standard InChI is InChI=1S/C19H17N3O4/c1-10-8-12(22(25)26)9-14-17(10)21(3)18(23)19(14,24)16-11(2)20-15-7-5-4-6-13(15)16/h4-9,20,24H,1-3H3. The molecule has 1 aromatic heterocycles. The van der Waals surface area contributed by atoms with E-state index in [0.29, 0.717) is 27.9 Å². The monoisotopic (exact) mass is 351 g/mol. The Morgan fingerprint density at radius 3 is 2.62 bits per heavy atom. The van der Waals surface area contributed by atoms with Gasteiger partial charge in [-0.1, -0.05) is 18.2 Å². The Labute approximate surface area is 149 Å². The van der Waals surface area contributed by atoms with Crippen molar-refractivity contribution in [2.45, 2.75) is 19.4 Å². The number of carbonyl (C=O) groups excluding carboxylic acids is 1. The van der Waals surface area contributed by atoms with E-state index in [9.17, 15) is 20.0 Å².